The fourth-order valence-electron chi connectivity index (χ4n) is 2.32. The zero-order valence-corrected chi connectivity index (χ0v) is 16.1. The molecule has 0 amide bonds. The van der Waals surface area contributed by atoms with E-state index in [-0.39, 0.29) is 48.8 Å². The van der Waals surface area contributed by atoms with Gasteiger partial charge >= 0.3 is 6.18 Å². The molecule has 27 heavy (non-hydrogen) atoms. The first kappa shape index (κ1) is 18.9. The summed E-state index contributed by atoms with van der Waals surface area (Å²) in [6, 6.07) is 1.08. The van der Waals surface area contributed by atoms with Crippen LogP contribution in [0.1, 0.15) is 17.8 Å². The lowest BCUT2D eigenvalue weighted by atomic mass is 10.4. The van der Waals surface area contributed by atoms with E-state index < -0.39 is 21.2 Å². The highest BCUT2D eigenvalue weighted by Crippen LogP contribution is 2.37. The lowest BCUT2D eigenvalue weighted by Gasteiger charge is -2.08. The number of sulfonamides is 1. The van der Waals surface area contributed by atoms with Crippen molar-refractivity contribution >= 4 is 50.1 Å². The van der Waals surface area contributed by atoms with Gasteiger partial charge in [0.25, 0.3) is 0 Å². The van der Waals surface area contributed by atoms with Gasteiger partial charge in [-0.25, -0.2) is 18.1 Å². The lowest BCUT2D eigenvalue weighted by Crippen LogP contribution is -2.26. The number of halogens is 5. The number of nitrogens with zero attached hydrogens (tertiary/aromatic N) is 4. The number of fused-ring (bicyclic) bond motifs is 1. The van der Waals surface area contributed by atoms with E-state index in [2.05, 4.69) is 19.9 Å². The Labute approximate surface area is 164 Å². The second kappa shape index (κ2) is 6.27. The van der Waals surface area contributed by atoms with Crippen LogP contribution in [0.5, 0.6) is 0 Å². The fourth-order valence-corrected chi connectivity index (χ4v) is 5.03. The van der Waals surface area contributed by atoms with Crippen molar-refractivity contribution < 1.29 is 21.6 Å². The molecule has 0 saturated heterocycles. The molecular formula is C13H8Cl2F3N5O2S2. The van der Waals surface area contributed by atoms with Gasteiger partial charge in [-0.1, -0.05) is 34.5 Å². The number of alkyl halides is 3. The van der Waals surface area contributed by atoms with Crippen molar-refractivity contribution in [3.05, 3.63) is 27.4 Å². The maximum atomic E-state index is 12.8. The summed E-state index contributed by atoms with van der Waals surface area (Å²) >= 11 is 12.5. The van der Waals surface area contributed by atoms with Crippen LogP contribution < -0.4 is 4.72 Å². The van der Waals surface area contributed by atoms with E-state index in [0.717, 1.165) is 12.8 Å². The molecule has 0 aromatic carbocycles. The van der Waals surface area contributed by atoms with E-state index in [0.29, 0.717) is 0 Å². The number of pyridine rings is 1. The molecule has 0 radical (unpaired) electrons. The zero-order valence-electron chi connectivity index (χ0n) is 13.0. The van der Waals surface area contributed by atoms with Gasteiger partial charge in [0.1, 0.15) is 10.4 Å². The van der Waals surface area contributed by atoms with Crippen molar-refractivity contribution in [3.63, 3.8) is 0 Å². The van der Waals surface area contributed by atoms with Crippen LogP contribution in [-0.4, -0.2) is 34.0 Å². The summed E-state index contributed by atoms with van der Waals surface area (Å²) in [4.78, 5) is 3.82. The van der Waals surface area contributed by atoms with Crippen molar-refractivity contribution in [1.29, 1.82) is 0 Å². The van der Waals surface area contributed by atoms with Gasteiger partial charge in [0.2, 0.25) is 15.0 Å². The van der Waals surface area contributed by atoms with Crippen molar-refractivity contribution in [2.45, 2.75) is 30.0 Å². The number of hydrogen-bond acceptors (Lipinski definition) is 6. The molecule has 1 N–H and O–H groups in total. The van der Waals surface area contributed by atoms with Crippen LogP contribution in [0, 0.1) is 0 Å². The summed E-state index contributed by atoms with van der Waals surface area (Å²) in [5, 5.41) is 5.15. The third-order valence-corrected chi connectivity index (χ3v) is 6.69. The highest BCUT2D eigenvalue weighted by atomic mass is 35.5. The Kier molecular flexibility index (Phi) is 4.38. The molecule has 14 heteroatoms. The number of imidazole rings is 1. The summed E-state index contributed by atoms with van der Waals surface area (Å²) in [7, 11) is -3.86. The molecule has 3 aromatic rings. The molecule has 1 aliphatic rings. The Bertz CT molecular complexity index is 1150. The minimum atomic E-state index is -4.66. The molecule has 1 aliphatic carbocycles. The molecular weight excluding hydrogens is 450 g/mol. The molecule has 3 heterocycles. The summed E-state index contributed by atoms with van der Waals surface area (Å²) in [5.41, 5.74) is 0.155. The molecule has 7 nitrogen and oxygen atoms in total. The third-order valence-electron chi connectivity index (χ3n) is 3.69. The Morgan fingerprint density at radius 3 is 2.56 bits per heavy atom. The predicted octanol–water partition coefficient (Wildman–Crippen LogP) is 3.62. The van der Waals surface area contributed by atoms with Crippen LogP contribution in [0.25, 0.3) is 16.3 Å². The van der Waals surface area contributed by atoms with Crippen molar-refractivity contribution in [2.75, 3.05) is 0 Å². The first-order valence-electron chi connectivity index (χ1n) is 7.37. The number of hydrogen-bond donors (Lipinski definition) is 1. The van der Waals surface area contributed by atoms with Crippen molar-refractivity contribution in [2.24, 2.45) is 0 Å². The van der Waals surface area contributed by atoms with Crippen LogP contribution in [0.4, 0.5) is 13.2 Å². The monoisotopic (exact) mass is 457 g/mol. The van der Waals surface area contributed by atoms with Crippen LogP contribution in [0.15, 0.2) is 17.2 Å². The van der Waals surface area contributed by atoms with Gasteiger partial charge in [0.15, 0.2) is 16.0 Å². The molecule has 0 spiro atoms. The minimum Gasteiger partial charge on any atom is -0.293 e. The molecule has 1 fully saturated rings. The fraction of sp³-hybridized carbons (Fsp3) is 0.308. The molecule has 3 aromatic heterocycles. The molecule has 144 valence electrons. The van der Waals surface area contributed by atoms with Gasteiger partial charge < -0.3 is 0 Å². The average Bonchev–Trinajstić information content (AvgIpc) is 3.08. The lowest BCUT2D eigenvalue weighted by molar-refractivity contribution is -0.138. The summed E-state index contributed by atoms with van der Waals surface area (Å²) < 4.78 is 67.0. The van der Waals surface area contributed by atoms with Crippen LogP contribution in [-0.2, 0) is 16.2 Å². The van der Waals surface area contributed by atoms with Gasteiger partial charge in [0.05, 0.1) is 5.02 Å². The highest BCUT2D eigenvalue weighted by molar-refractivity contribution is 7.89. The summed E-state index contributed by atoms with van der Waals surface area (Å²) in [5.74, 6) is -0.0895. The van der Waals surface area contributed by atoms with Gasteiger partial charge in [0, 0.05) is 12.2 Å². The minimum absolute atomic E-state index is 0.0158. The zero-order chi connectivity index (χ0) is 19.6. The largest absolute Gasteiger partial charge is 0.445 e. The standard InChI is InChI=1S/C13H8Cl2F3N5O2S2/c14-7-3-6(27(24,25)22-5-1-2-5)4-23-8(7)9(15)19-10(23)11-20-21-12(26-11)13(16,17)18/h3-5,22H,1-2H2. The number of aromatic nitrogens is 4. The van der Waals surface area contributed by atoms with Gasteiger partial charge in [-0.05, 0) is 18.9 Å². The molecule has 0 unspecified atom stereocenters. The van der Waals surface area contributed by atoms with Crippen LogP contribution >= 0.6 is 34.5 Å². The molecule has 0 aliphatic heterocycles. The first-order chi connectivity index (χ1) is 12.6. The first-order valence-corrected chi connectivity index (χ1v) is 10.4. The van der Waals surface area contributed by atoms with E-state index >= 15 is 0 Å². The van der Waals surface area contributed by atoms with Crippen molar-refractivity contribution in [1.82, 2.24) is 24.3 Å². The van der Waals surface area contributed by atoms with E-state index in [4.69, 9.17) is 23.2 Å². The van der Waals surface area contributed by atoms with Crippen LogP contribution in [0.3, 0.4) is 0 Å². The second-order valence-electron chi connectivity index (χ2n) is 5.77. The van der Waals surface area contributed by atoms with Gasteiger partial charge in [-0.3, -0.25) is 4.40 Å². The smallest absolute Gasteiger partial charge is 0.293 e. The maximum Gasteiger partial charge on any atom is 0.445 e. The van der Waals surface area contributed by atoms with E-state index in [9.17, 15) is 21.6 Å². The van der Waals surface area contributed by atoms with E-state index in [1.54, 1.807) is 0 Å². The normalized spacial score (nSPS) is 15.6. The number of rotatable bonds is 4. The third kappa shape index (κ3) is 3.51. The topological polar surface area (TPSA) is 89.2 Å². The van der Waals surface area contributed by atoms with Gasteiger partial charge in [-0.15, -0.1) is 10.2 Å². The van der Waals surface area contributed by atoms with E-state index in [1.165, 1.54) is 16.7 Å². The van der Waals surface area contributed by atoms with Crippen LogP contribution in [0.2, 0.25) is 10.2 Å². The Morgan fingerprint density at radius 2 is 1.96 bits per heavy atom. The molecule has 1 saturated carbocycles. The molecule has 0 atom stereocenters. The maximum absolute atomic E-state index is 12.8. The molecule has 4 rings (SSSR count). The summed E-state index contributed by atoms with van der Waals surface area (Å²) in [6.07, 6.45) is -1.99. The molecule has 0 bridgehead atoms. The van der Waals surface area contributed by atoms with Gasteiger partial charge in [-0.2, -0.15) is 13.2 Å². The predicted molar refractivity (Wildman–Crippen MR) is 92.5 cm³/mol. The Balaban J connectivity index is 1.88. The Morgan fingerprint density at radius 1 is 1.26 bits per heavy atom. The quantitative estimate of drug-likeness (QED) is 0.645. The summed E-state index contributed by atoms with van der Waals surface area (Å²) in [6.45, 7) is 0. The second-order valence-corrected chi connectivity index (χ2v) is 9.23. The van der Waals surface area contributed by atoms with Crippen molar-refractivity contribution in [3.8, 4) is 10.8 Å². The highest BCUT2D eigenvalue weighted by Gasteiger charge is 2.36. The average molecular weight is 458 g/mol. The number of nitrogens with one attached hydrogen (secondary N) is 1. The van der Waals surface area contributed by atoms with E-state index in [1.807, 2.05) is 0 Å². The SMILES string of the molecule is O=S(=O)(NC1CC1)c1cc(Cl)c2c(Cl)nc(-c3nnc(C(F)(F)F)s3)n2c1. The Hall–Kier alpha value is -1.47.